The molecule has 4 heteroatoms. The molecule has 0 radical (unpaired) electrons. The highest BCUT2D eigenvalue weighted by Crippen LogP contribution is 2.18. The quantitative estimate of drug-likeness (QED) is 0.851. The maximum Gasteiger partial charge on any atom is 0.227 e. The Labute approximate surface area is 155 Å². The summed E-state index contributed by atoms with van der Waals surface area (Å²) >= 11 is 0. The number of hydrogen-bond donors (Lipinski definition) is 0. The van der Waals surface area contributed by atoms with Crippen LogP contribution in [-0.2, 0) is 22.4 Å². The van der Waals surface area contributed by atoms with Crippen LogP contribution in [0.5, 0.6) is 0 Å². The smallest absolute Gasteiger partial charge is 0.227 e. The van der Waals surface area contributed by atoms with E-state index in [1.54, 1.807) is 0 Å². The molecule has 0 bridgehead atoms. The molecular formula is C22H26N2O2. The third kappa shape index (κ3) is 4.31. The third-order valence-corrected chi connectivity index (χ3v) is 5.02. The van der Waals surface area contributed by atoms with Crippen LogP contribution < -0.4 is 0 Å². The average Bonchev–Trinajstić information content (AvgIpc) is 2.64. The predicted octanol–water partition coefficient (Wildman–Crippen LogP) is 2.92. The molecule has 2 amide bonds. The van der Waals surface area contributed by atoms with Crippen LogP contribution in [0.3, 0.4) is 0 Å². The van der Waals surface area contributed by atoms with Crippen molar-refractivity contribution in [2.24, 2.45) is 0 Å². The highest BCUT2D eigenvalue weighted by Gasteiger charge is 2.34. The van der Waals surface area contributed by atoms with E-state index in [1.807, 2.05) is 84.3 Å². The van der Waals surface area contributed by atoms with Gasteiger partial charge >= 0.3 is 0 Å². The van der Waals surface area contributed by atoms with Crippen molar-refractivity contribution in [3.63, 3.8) is 0 Å². The molecule has 0 aromatic heterocycles. The summed E-state index contributed by atoms with van der Waals surface area (Å²) < 4.78 is 0. The van der Waals surface area contributed by atoms with Gasteiger partial charge in [-0.3, -0.25) is 9.59 Å². The number of nitrogens with zero attached hydrogens (tertiary/aromatic N) is 2. The normalized spacial score (nSPS) is 20.1. The fourth-order valence-electron chi connectivity index (χ4n) is 3.57. The Balaban J connectivity index is 1.61. The largest absolute Gasteiger partial charge is 0.336 e. The van der Waals surface area contributed by atoms with E-state index in [0.29, 0.717) is 25.9 Å². The van der Waals surface area contributed by atoms with Gasteiger partial charge in [0, 0.05) is 25.2 Å². The van der Waals surface area contributed by atoms with E-state index in [4.69, 9.17) is 0 Å². The zero-order valence-electron chi connectivity index (χ0n) is 15.5. The summed E-state index contributed by atoms with van der Waals surface area (Å²) in [7, 11) is 0. The van der Waals surface area contributed by atoms with E-state index in [9.17, 15) is 9.59 Å². The van der Waals surface area contributed by atoms with Crippen LogP contribution in [0.2, 0.25) is 0 Å². The van der Waals surface area contributed by atoms with Crippen molar-refractivity contribution in [1.29, 1.82) is 0 Å². The molecular weight excluding hydrogens is 324 g/mol. The van der Waals surface area contributed by atoms with E-state index in [2.05, 4.69) is 0 Å². The molecule has 26 heavy (non-hydrogen) atoms. The Morgan fingerprint density at radius 1 is 0.731 bits per heavy atom. The highest BCUT2D eigenvalue weighted by atomic mass is 16.2. The van der Waals surface area contributed by atoms with Crippen molar-refractivity contribution in [3.05, 3.63) is 71.8 Å². The molecule has 2 aromatic carbocycles. The Morgan fingerprint density at radius 2 is 1.08 bits per heavy atom. The van der Waals surface area contributed by atoms with E-state index in [1.165, 1.54) is 0 Å². The van der Waals surface area contributed by atoms with Crippen molar-refractivity contribution in [3.8, 4) is 0 Å². The van der Waals surface area contributed by atoms with Gasteiger partial charge in [0.15, 0.2) is 0 Å². The lowest BCUT2D eigenvalue weighted by Crippen LogP contribution is -2.60. The molecule has 1 fully saturated rings. The van der Waals surface area contributed by atoms with Crippen LogP contribution in [0.15, 0.2) is 60.7 Å². The second kappa shape index (κ2) is 8.17. The number of amides is 2. The van der Waals surface area contributed by atoms with Gasteiger partial charge in [0.05, 0.1) is 12.8 Å². The summed E-state index contributed by atoms with van der Waals surface area (Å²) in [5.41, 5.74) is 2.06. The number of rotatable bonds is 4. The van der Waals surface area contributed by atoms with Gasteiger partial charge < -0.3 is 9.80 Å². The van der Waals surface area contributed by atoms with Crippen molar-refractivity contribution < 1.29 is 9.59 Å². The lowest BCUT2D eigenvalue weighted by Gasteiger charge is -2.44. The number of carbonyl (C=O) groups is 2. The van der Waals surface area contributed by atoms with Gasteiger partial charge in [-0.2, -0.15) is 0 Å². The van der Waals surface area contributed by atoms with Crippen LogP contribution in [0, 0.1) is 0 Å². The minimum absolute atomic E-state index is 0.0298. The first-order chi connectivity index (χ1) is 12.5. The minimum Gasteiger partial charge on any atom is -0.336 e. The second-order valence-corrected chi connectivity index (χ2v) is 7.11. The lowest BCUT2D eigenvalue weighted by atomic mass is 10.0. The van der Waals surface area contributed by atoms with Gasteiger partial charge in [0.1, 0.15) is 0 Å². The molecule has 136 valence electrons. The van der Waals surface area contributed by atoms with Gasteiger partial charge in [-0.25, -0.2) is 0 Å². The SMILES string of the molecule is C[C@@H]1CN(C(=O)Cc2ccccc2)[C@H](C)CN1C(=O)Cc1ccccc1. The molecule has 0 spiro atoms. The van der Waals surface area contributed by atoms with Crippen LogP contribution >= 0.6 is 0 Å². The minimum atomic E-state index is 0.0298. The van der Waals surface area contributed by atoms with Gasteiger partial charge in [-0.05, 0) is 25.0 Å². The molecule has 0 saturated carbocycles. The molecule has 0 unspecified atom stereocenters. The van der Waals surface area contributed by atoms with E-state index in [-0.39, 0.29) is 23.9 Å². The summed E-state index contributed by atoms with van der Waals surface area (Å²) in [6, 6.07) is 19.7. The van der Waals surface area contributed by atoms with Crippen molar-refractivity contribution in [2.45, 2.75) is 38.8 Å². The van der Waals surface area contributed by atoms with Gasteiger partial charge in [0.2, 0.25) is 11.8 Å². The topological polar surface area (TPSA) is 40.6 Å². The standard InChI is InChI=1S/C22H26N2O2/c1-17-15-24(22(26)14-20-11-7-4-8-12-20)18(2)16-23(17)21(25)13-19-9-5-3-6-10-19/h3-12,17-18H,13-16H2,1-2H3/t17-,18-/m1/s1. The Kier molecular flexibility index (Phi) is 5.71. The molecule has 3 rings (SSSR count). The van der Waals surface area contributed by atoms with Crippen LogP contribution in [0.25, 0.3) is 0 Å². The van der Waals surface area contributed by atoms with Crippen LogP contribution in [0.4, 0.5) is 0 Å². The molecule has 2 atom stereocenters. The summed E-state index contributed by atoms with van der Waals surface area (Å²) in [5.74, 6) is 0.261. The average molecular weight is 350 g/mol. The van der Waals surface area contributed by atoms with E-state index in [0.717, 1.165) is 11.1 Å². The Bertz CT molecular complexity index is 680. The molecule has 1 aliphatic rings. The predicted molar refractivity (Wildman–Crippen MR) is 103 cm³/mol. The molecule has 1 saturated heterocycles. The van der Waals surface area contributed by atoms with Crippen LogP contribution in [-0.4, -0.2) is 46.8 Å². The van der Waals surface area contributed by atoms with E-state index < -0.39 is 0 Å². The van der Waals surface area contributed by atoms with Gasteiger partial charge in [-0.1, -0.05) is 60.7 Å². The fraction of sp³-hybridized carbons (Fsp3) is 0.364. The third-order valence-electron chi connectivity index (χ3n) is 5.02. The summed E-state index contributed by atoms with van der Waals surface area (Å²) in [5, 5.41) is 0. The Hall–Kier alpha value is -2.62. The number of benzene rings is 2. The Morgan fingerprint density at radius 3 is 1.42 bits per heavy atom. The molecule has 4 nitrogen and oxygen atoms in total. The van der Waals surface area contributed by atoms with Gasteiger partial charge in [0.25, 0.3) is 0 Å². The lowest BCUT2D eigenvalue weighted by molar-refractivity contribution is -0.145. The van der Waals surface area contributed by atoms with Crippen molar-refractivity contribution >= 4 is 11.8 Å². The van der Waals surface area contributed by atoms with E-state index >= 15 is 0 Å². The molecule has 0 N–H and O–H groups in total. The number of hydrogen-bond acceptors (Lipinski definition) is 2. The maximum absolute atomic E-state index is 12.7. The van der Waals surface area contributed by atoms with Gasteiger partial charge in [-0.15, -0.1) is 0 Å². The number of piperazine rings is 1. The first kappa shape index (κ1) is 18.2. The second-order valence-electron chi connectivity index (χ2n) is 7.11. The fourth-order valence-corrected chi connectivity index (χ4v) is 3.57. The highest BCUT2D eigenvalue weighted by molar-refractivity contribution is 5.81. The molecule has 1 heterocycles. The summed E-state index contributed by atoms with van der Waals surface area (Å²) in [6.45, 7) is 5.23. The summed E-state index contributed by atoms with van der Waals surface area (Å²) in [6.07, 6.45) is 0.825. The monoisotopic (exact) mass is 350 g/mol. The van der Waals surface area contributed by atoms with Crippen molar-refractivity contribution in [1.82, 2.24) is 9.80 Å². The first-order valence-electron chi connectivity index (χ1n) is 9.21. The first-order valence-corrected chi connectivity index (χ1v) is 9.21. The molecule has 1 aliphatic heterocycles. The summed E-state index contributed by atoms with van der Waals surface area (Å²) in [4.78, 5) is 29.3. The van der Waals surface area contributed by atoms with Crippen molar-refractivity contribution in [2.75, 3.05) is 13.1 Å². The zero-order valence-corrected chi connectivity index (χ0v) is 15.5. The van der Waals surface area contributed by atoms with Crippen LogP contribution in [0.1, 0.15) is 25.0 Å². The molecule has 2 aromatic rings. The molecule has 0 aliphatic carbocycles. The maximum atomic E-state index is 12.7. The zero-order chi connectivity index (χ0) is 18.5. The number of carbonyl (C=O) groups excluding carboxylic acids is 2.